The van der Waals surface area contributed by atoms with Crippen LogP contribution in [0.25, 0.3) is 0 Å². The number of amides is 3. The molecule has 126 valence electrons. The lowest BCUT2D eigenvalue weighted by Crippen LogP contribution is -2.51. The summed E-state index contributed by atoms with van der Waals surface area (Å²) in [5.74, 6) is -3.13. The fourth-order valence-corrected chi connectivity index (χ4v) is 2.85. The summed E-state index contributed by atoms with van der Waals surface area (Å²) in [4.78, 5) is 47.4. The van der Waals surface area contributed by atoms with Crippen molar-refractivity contribution in [3.8, 4) is 0 Å². The van der Waals surface area contributed by atoms with Gasteiger partial charge in [0.05, 0.1) is 5.57 Å². The van der Waals surface area contributed by atoms with Crippen molar-refractivity contribution in [2.24, 2.45) is 5.73 Å². The van der Waals surface area contributed by atoms with Crippen molar-refractivity contribution in [2.45, 2.75) is 12.6 Å². The van der Waals surface area contributed by atoms with Gasteiger partial charge in [-0.05, 0) is 11.4 Å². The second kappa shape index (κ2) is 6.72. The lowest BCUT2D eigenvalue weighted by Gasteiger charge is -2.20. The smallest absolute Gasteiger partial charge is 0.480 e. The van der Waals surface area contributed by atoms with Gasteiger partial charge in [0.15, 0.2) is 0 Å². The minimum Gasteiger partial charge on any atom is -0.480 e. The number of carbonyl (C=O) groups excluding carboxylic acids is 2. The highest BCUT2D eigenvalue weighted by atomic mass is 32.1. The van der Waals surface area contributed by atoms with Crippen LogP contribution in [0.1, 0.15) is 15.2 Å². The highest BCUT2D eigenvalue weighted by Gasteiger charge is 2.41. The number of urea groups is 1. The number of aliphatic carboxylic acids is 1. The van der Waals surface area contributed by atoms with E-state index in [0.717, 1.165) is 27.0 Å². The third-order valence-electron chi connectivity index (χ3n) is 3.29. The van der Waals surface area contributed by atoms with Gasteiger partial charge in [-0.25, -0.2) is 9.59 Å². The quantitative estimate of drug-likeness (QED) is 0.482. The molecule has 0 aromatic carbocycles. The van der Waals surface area contributed by atoms with Crippen LogP contribution in [0.15, 0.2) is 23.6 Å². The fraction of sp³-hybridized carbons (Fsp3) is 0.214. The average molecular weight is 352 g/mol. The molecule has 9 nitrogen and oxygen atoms in total. The van der Waals surface area contributed by atoms with Crippen molar-refractivity contribution in [3.05, 3.63) is 34.0 Å². The molecule has 1 aromatic heterocycles. The van der Waals surface area contributed by atoms with Crippen LogP contribution >= 0.6 is 11.3 Å². The molecule has 0 saturated heterocycles. The van der Waals surface area contributed by atoms with Gasteiger partial charge in [-0.15, -0.1) is 11.3 Å². The lowest BCUT2D eigenvalue weighted by atomic mass is 10.2. The van der Waals surface area contributed by atoms with Crippen LogP contribution in [0.4, 0.5) is 4.79 Å². The minimum atomic E-state index is -1.33. The number of thiophene rings is 1. The molecule has 0 radical (unpaired) electrons. The van der Waals surface area contributed by atoms with Crippen molar-refractivity contribution in [1.29, 1.82) is 0 Å². The minimum absolute atomic E-state index is 0.0181. The van der Waals surface area contributed by atoms with E-state index in [1.54, 1.807) is 0 Å². The van der Waals surface area contributed by atoms with E-state index in [1.165, 1.54) is 11.4 Å². The Morgan fingerprint density at radius 2 is 2.04 bits per heavy atom. The van der Waals surface area contributed by atoms with Gasteiger partial charge in [0.1, 0.15) is 30.2 Å². The number of hydrogen-bond donors (Lipinski definition) is 3. The molecular formula is C14H14N3O6S+. The summed E-state index contributed by atoms with van der Waals surface area (Å²) in [5.41, 5.74) is 5.68. The summed E-state index contributed by atoms with van der Waals surface area (Å²) in [5, 5.41) is 19.5. The monoisotopic (exact) mass is 352 g/mol. The number of nitrogens with zero attached hydrogens (tertiary/aromatic N) is 2. The normalized spacial score (nSPS) is 16.1. The number of carboxylic acids is 2. The first kappa shape index (κ1) is 17.5. The molecule has 1 aromatic rings. The Morgan fingerprint density at radius 3 is 2.62 bits per heavy atom. The molecular weight excluding hydrogens is 338 g/mol. The van der Waals surface area contributed by atoms with E-state index in [1.807, 2.05) is 0 Å². The van der Waals surface area contributed by atoms with Crippen molar-refractivity contribution in [2.75, 3.05) is 6.54 Å². The summed E-state index contributed by atoms with van der Waals surface area (Å²) in [6, 6.07) is -0.612. The summed E-state index contributed by atoms with van der Waals surface area (Å²) in [6.45, 7) is 2.93. The van der Waals surface area contributed by atoms with Gasteiger partial charge < -0.3 is 15.9 Å². The first-order chi connectivity index (χ1) is 11.2. The molecule has 0 fully saturated rings. The van der Waals surface area contributed by atoms with Gasteiger partial charge in [0.2, 0.25) is 0 Å². The van der Waals surface area contributed by atoms with Gasteiger partial charge >= 0.3 is 23.9 Å². The topological polar surface area (TPSA) is 141 Å². The molecule has 1 aliphatic rings. The Balaban J connectivity index is 2.28. The molecule has 0 aliphatic carbocycles. The fourth-order valence-electron chi connectivity index (χ4n) is 2.09. The molecule has 2 rings (SSSR count). The van der Waals surface area contributed by atoms with Crippen LogP contribution in [-0.4, -0.2) is 62.4 Å². The predicted molar refractivity (Wildman–Crippen MR) is 83.2 cm³/mol. The van der Waals surface area contributed by atoms with Crippen LogP contribution in [0.5, 0.6) is 0 Å². The molecule has 0 unspecified atom stereocenters. The molecule has 0 saturated carbocycles. The van der Waals surface area contributed by atoms with Gasteiger partial charge in [0, 0.05) is 5.56 Å². The van der Waals surface area contributed by atoms with Gasteiger partial charge in [0.25, 0.3) is 0 Å². The SMILES string of the molecule is C=C1C=[N+](C[C@H](N)C(=O)O)C(=O)N(Cc2ccsc2C(=O)O)C1=O. The van der Waals surface area contributed by atoms with Gasteiger partial charge in [-0.3, -0.25) is 4.79 Å². The molecule has 0 bridgehead atoms. The highest BCUT2D eigenvalue weighted by molar-refractivity contribution is 7.12. The molecule has 3 amide bonds. The van der Waals surface area contributed by atoms with Crippen LogP contribution in [0, 0.1) is 0 Å². The third kappa shape index (κ3) is 3.39. The zero-order chi connectivity index (χ0) is 18.0. The summed E-state index contributed by atoms with van der Waals surface area (Å²) >= 11 is 0.974. The number of nitrogens with two attached hydrogens (primary N) is 1. The number of imide groups is 1. The molecule has 0 spiro atoms. The number of carboxylic acid groups (broad SMARTS) is 2. The molecule has 2 heterocycles. The van der Waals surface area contributed by atoms with E-state index < -0.39 is 29.9 Å². The third-order valence-corrected chi connectivity index (χ3v) is 4.23. The van der Waals surface area contributed by atoms with Crippen LogP contribution in [-0.2, 0) is 16.1 Å². The molecule has 10 heteroatoms. The standard InChI is InChI=1S/C14H13N3O6S/c1-7-4-16(6-9(15)12(19)20)14(23)17(11(7)18)5-8-2-3-24-10(8)13(21)22/h2-4,9H,1,5-6,15H2,(H-,19,20,21,22)/p+1/t9-/m0/s1. The maximum absolute atomic E-state index is 12.4. The summed E-state index contributed by atoms with van der Waals surface area (Å²) in [6.07, 6.45) is 1.13. The van der Waals surface area contributed by atoms with E-state index in [0.29, 0.717) is 5.56 Å². The zero-order valence-electron chi connectivity index (χ0n) is 12.3. The van der Waals surface area contributed by atoms with Crippen molar-refractivity contribution in [3.63, 3.8) is 0 Å². The van der Waals surface area contributed by atoms with E-state index in [-0.39, 0.29) is 23.5 Å². The van der Waals surface area contributed by atoms with E-state index >= 15 is 0 Å². The van der Waals surface area contributed by atoms with E-state index in [4.69, 9.17) is 15.9 Å². The molecule has 1 aliphatic heterocycles. The van der Waals surface area contributed by atoms with Crippen molar-refractivity contribution >= 4 is 41.4 Å². The van der Waals surface area contributed by atoms with E-state index in [2.05, 4.69) is 6.58 Å². The predicted octanol–water partition coefficient (Wildman–Crippen LogP) is -0.0401. The maximum Gasteiger partial charge on any atom is 0.501 e. The highest BCUT2D eigenvalue weighted by Crippen LogP contribution is 2.21. The Morgan fingerprint density at radius 1 is 1.38 bits per heavy atom. The molecule has 1 atom stereocenters. The van der Waals surface area contributed by atoms with E-state index in [9.17, 15) is 19.2 Å². The number of hydrogen-bond acceptors (Lipinski definition) is 6. The summed E-state index contributed by atoms with van der Waals surface area (Å²) < 4.78 is 0.981. The second-order valence-corrected chi connectivity index (χ2v) is 5.92. The number of aromatic carboxylic acids is 1. The lowest BCUT2D eigenvalue weighted by molar-refractivity contribution is -0.433. The second-order valence-electron chi connectivity index (χ2n) is 5.01. The van der Waals surface area contributed by atoms with Gasteiger partial charge in [-0.2, -0.15) is 14.3 Å². The molecule has 4 N–H and O–H groups in total. The Bertz CT molecular complexity index is 781. The van der Waals surface area contributed by atoms with Crippen molar-refractivity contribution < 1.29 is 34.0 Å². The first-order valence-corrected chi connectivity index (χ1v) is 7.54. The zero-order valence-corrected chi connectivity index (χ0v) is 13.2. The molecule has 24 heavy (non-hydrogen) atoms. The van der Waals surface area contributed by atoms with Crippen LogP contribution in [0.3, 0.4) is 0 Å². The number of carbonyl (C=O) groups is 4. The maximum atomic E-state index is 12.4. The number of rotatable bonds is 6. The largest absolute Gasteiger partial charge is 0.501 e. The Hall–Kier alpha value is -2.85. The average Bonchev–Trinajstić information content (AvgIpc) is 2.97. The summed E-state index contributed by atoms with van der Waals surface area (Å²) in [7, 11) is 0. The van der Waals surface area contributed by atoms with Crippen LogP contribution in [0.2, 0.25) is 0 Å². The Labute approximate surface area is 139 Å². The first-order valence-electron chi connectivity index (χ1n) is 6.66. The van der Waals surface area contributed by atoms with Crippen LogP contribution < -0.4 is 5.73 Å². The van der Waals surface area contributed by atoms with Gasteiger partial charge in [-0.1, -0.05) is 6.58 Å². The van der Waals surface area contributed by atoms with Crippen molar-refractivity contribution in [1.82, 2.24) is 4.90 Å². The Kier molecular flexibility index (Phi) is 4.90.